The smallest absolute Gasteiger partial charge is 0.325 e. The Kier molecular flexibility index (Phi) is 4.66. The van der Waals surface area contributed by atoms with Crippen molar-refractivity contribution in [3.63, 3.8) is 0 Å². The highest BCUT2D eigenvalue weighted by molar-refractivity contribution is 7.99. The number of thioether (sulfide) groups is 1. The maximum Gasteiger partial charge on any atom is 0.325 e. The fourth-order valence-corrected chi connectivity index (χ4v) is 3.91. The molecule has 1 atom stereocenters. The summed E-state index contributed by atoms with van der Waals surface area (Å²) >= 11 is 13.5. The van der Waals surface area contributed by atoms with E-state index in [2.05, 4.69) is 5.32 Å². The summed E-state index contributed by atoms with van der Waals surface area (Å²) in [6, 6.07) is 5.21. The number of carboxylic acids is 1. The topological polar surface area (TPSA) is 49.3 Å². The monoisotopic (exact) mass is 319 g/mol. The molecule has 1 saturated carbocycles. The van der Waals surface area contributed by atoms with Gasteiger partial charge in [0.2, 0.25) is 0 Å². The molecule has 1 aliphatic carbocycles. The lowest BCUT2D eigenvalue weighted by molar-refractivity contribution is -0.144. The van der Waals surface area contributed by atoms with Crippen LogP contribution in [0.2, 0.25) is 10.0 Å². The molecule has 1 aromatic carbocycles. The molecule has 0 bridgehead atoms. The molecule has 6 heteroatoms. The maximum absolute atomic E-state index is 11.6. The molecule has 2 rings (SSSR count). The van der Waals surface area contributed by atoms with Gasteiger partial charge in [-0.05, 0) is 44.0 Å². The first-order chi connectivity index (χ1) is 8.99. The van der Waals surface area contributed by atoms with E-state index in [4.69, 9.17) is 23.2 Å². The van der Waals surface area contributed by atoms with Crippen molar-refractivity contribution in [3.8, 4) is 0 Å². The van der Waals surface area contributed by atoms with E-state index in [1.165, 1.54) is 11.8 Å². The minimum absolute atomic E-state index is 0.195. The van der Waals surface area contributed by atoms with Crippen molar-refractivity contribution < 1.29 is 9.90 Å². The number of halogens is 2. The molecule has 0 aromatic heterocycles. The Morgan fingerprint density at radius 3 is 2.74 bits per heavy atom. The average Bonchev–Trinajstić information content (AvgIpc) is 3.19. The predicted molar refractivity (Wildman–Crippen MR) is 79.3 cm³/mol. The zero-order valence-electron chi connectivity index (χ0n) is 10.5. The molecule has 2 N–H and O–H groups in total. The Hall–Kier alpha value is -0.420. The zero-order chi connectivity index (χ0) is 14.0. The summed E-state index contributed by atoms with van der Waals surface area (Å²) in [5, 5.41) is 13.7. The number of carboxylic acid groups (broad SMARTS) is 1. The second-order valence-electron chi connectivity index (χ2n) is 4.66. The molecule has 0 heterocycles. The van der Waals surface area contributed by atoms with E-state index in [9.17, 15) is 9.90 Å². The molecule has 3 nitrogen and oxygen atoms in total. The molecule has 0 saturated heterocycles. The summed E-state index contributed by atoms with van der Waals surface area (Å²) in [6.07, 6.45) is 1.91. The normalized spacial score (nSPS) is 18.1. The Balaban J connectivity index is 2.15. The molecule has 0 spiro atoms. The van der Waals surface area contributed by atoms with Crippen molar-refractivity contribution in [1.29, 1.82) is 0 Å². The van der Waals surface area contributed by atoms with E-state index < -0.39 is 11.5 Å². The van der Waals surface area contributed by atoms with Crippen LogP contribution in [0.4, 0.5) is 0 Å². The molecule has 0 amide bonds. The number of carbonyl (C=O) groups is 1. The van der Waals surface area contributed by atoms with Crippen molar-refractivity contribution in [2.75, 3.05) is 12.8 Å². The van der Waals surface area contributed by atoms with Crippen LogP contribution in [-0.4, -0.2) is 29.4 Å². The third kappa shape index (κ3) is 3.19. The van der Waals surface area contributed by atoms with Gasteiger partial charge in [-0.3, -0.25) is 4.79 Å². The summed E-state index contributed by atoms with van der Waals surface area (Å²) in [4.78, 5) is 12.4. The van der Waals surface area contributed by atoms with Crippen molar-refractivity contribution in [2.24, 2.45) is 5.92 Å². The van der Waals surface area contributed by atoms with Gasteiger partial charge in [0.15, 0.2) is 0 Å². The van der Waals surface area contributed by atoms with Crippen LogP contribution in [0.5, 0.6) is 0 Å². The summed E-state index contributed by atoms with van der Waals surface area (Å²) in [5.74, 6) is -0.174. The molecule has 1 fully saturated rings. The van der Waals surface area contributed by atoms with Gasteiger partial charge in [0.1, 0.15) is 5.54 Å². The number of rotatable bonds is 6. The average molecular weight is 320 g/mol. The first-order valence-corrected chi connectivity index (χ1v) is 7.74. The van der Waals surface area contributed by atoms with Crippen LogP contribution in [0.1, 0.15) is 12.8 Å². The van der Waals surface area contributed by atoms with Gasteiger partial charge >= 0.3 is 5.97 Å². The van der Waals surface area contributed by atoms with E-state index in [0.29, 0.717) is 15.8 Å². The van der Waals surface area contributed by atoms with Crippen molar-refractivity contribution in [3.05, 3.63) is 28.2 Å². The Labute approximate surface area is 126 Å². The molecule has 1 aromatic rings. The lowest BCUT2D eigenvalue weighted by Crippen LogP contribution is -2.54. The largest absolute Gasteiger partial charge is 0.480 e. The number of hydrogen-bond donors (Lipinski definition) is 2. The fraction of sp³-hybridized carbons (Fsp3) is 0.462. The highest BCUT2D eigenvalue weighted by Crippen LogP contribution is 2.43. The number of aliphatic carboxylic acids is 1. The summed E-state index contributed by atoms with van der Waals surface area (Å²) in [6.45, 7) is 0. The van der Waals surface area contributed by atoms with E-state index >= 15 is 0 Å². The van der Waals surface area contributed by atoms with Crippen LogP contribution >= 0.6 is 35.0 Å². The van der Waals surface area contributed by atoms with Crippen molar-refractivity contribution in [2.45, 2.75) is 23.3 Å². The Morgan fingerprint density at radius 2 is 2.21 bits per heavy atom. The SMILES string of the molecule is CNC(CSc1cc(Cl)ccc1Cl)(C(=O)O)C1CC1. The summed E-state index contributed by atoms with van der Waals surface area (Å²) < 4.78 is 0. The van der Waals surface area contributed by atoms with Gasteiger partial charge in [0.25, 0.3) is 0 Å². The predicted octanol–water partition coefficient (Wildman–Crippen LogP) is 3.54. The molecular weight excluding hydrogens is 305 g/mol. The van der Waals surface area contributed by atoms with Gasteiger partial charge in [-0.15, -0.1) is 11.8 Å². The molecular formula is C13H15Cl2NO2S. The summed E-state index contributed by atoms with van der Waals surface area (Å²) in [5.41, 5.74) is -0.879. The van der Waals surface area contributed by atoms with Gasteiger partial charge in [-0.1, -0.05) is 23.2 Å². The third-order valence-corrected chi connectivity index (χ3v) is 5.38. The van der Waals surface area contributed by atoms with E-state index in [0.717, 1.165) is 17.7 Å². The zero-order valence-corrected chi connectivity index (χ0v) is 12.8. The quantitative estimate of drug-likeness (QED) is 0.787. The van der Waals surface area contributed by atoms with Crippen LogP contribution in [0.25, 0.3) is 0 Å². The molecule has 1 unspecified atom stereocenters. The van der Waals surface area contributed by atoms with Crippen LogP contribution in [-0.2, 0) is 4.79 Å². The molecule has 1 aliphatic rings. The van der Waals surface area contributed by atoms with Crippen molar-refractivity contribution >= 4 is 40.9 Å². The van der Waals surface area contributed by atoms with Crippen LogP contribution in [0.15, 0.2) is 23.1 Å². The Morgan fingerprint density at radius 1 is 1.53 bits per heavy atom. The van der Waals surface area contributed by atoms with Gasteiger partial charge in [-0.2, -0.15) is 0 Å². The fourth-order valence-electron chi connectivity index (χ4n) is 2.09. The third-order valence-electron chi connectivity index (χ3n) is 3.45. The number of hydrogen-bond acceptors (Lipinski definition) is 3. The van der Waals surface area contributed by atoms with Gasteiger partial charge in [0.05, 0.1) is 5.02 Å². The highest BCUT2D eigenvalue weighted by atomic mass is 35.5. The van der Waals surface area contributed by atoms with Crippen LogP contribution in [0.3, 0.4) is 0 Å². The minimum Gasteiger partial charge on any atom is -0.480 e. The highest BCUT2D eigenvalue weighted by Gasteiger charge is 2.50. The maximum atomic E-state index is 11.6. The van der Waals surface area contributed by atoms with Gasteiger partial charge in [-0.25, -0.2) is 0 Å². The second-order valence-corrected chi connectivity index (χ2v) is 6.53. The lowest BCUT2D eigenvalue weighted by Gasteiger charge is -2.28. The van der Waals surface area contributed by atoms with Crippen molar-refractivity contribution in [1.82, 2.24) is 5.32 Å². The van der Waals surface area contributed by atoms with E-state index in [-0.39, 0.29) is 5.92 Å². The molecule has 0 radical (unpaired) electrons. The molecule has 0 aliphatic heterocycles. The molecule has 104 valence electrons. The van der Waals surface area contributed by atoms with Crippen LogP contribution < -0.4 is 5.32 Å². The minimum atomic E-state index is -0.879. The molecule has 19 heavy (non-hydrogen) atoms. The van der Waals surface area contributed by atoms with Gasteiger partial charge < -0.3 is 10.4 Å². The standard InChI is InChI=1S/C13H15Cl2NO2S/c1-16-13(12(17)18,8-2-3-8)7-19-11-6-9(14)4-5-10(11)15/h4-6,8,16H,2-3,7H2,1H3,(H,17,18). The first-order valence-electron chi connectivity index (χ1n) is 6.00. The lowest BCUT2D eigenvalue weighted by atomic mass is 9.96. The van der Waals surface area contributed by atoms with Gasteiger partial charge in [0, 0.05) is 15.7 Å². The van der Waals surface area contributed by atoms with Crippen LogP contribution in [0, 0.1) is 5.92 Å². The van der Waals surface area contributed by atoms with E-state index in [1.807, 2.05) is 0 Å². The number of nitrogens with one attached hydrogen (secondary N) is 1. The number of benzene rings is 1. The Bertz CT molecular complexity index is 494. The second kappa shape index (κ2) is 5.92. The number of likely N-dealkylation sites (N-methyl/N-ethyl adjacent to an activating group) is 1. The summed E-state index contributed by atoms with van der Waals surface area (Å²) in [7, 11) is 1.70. The van der Waals surface area contributed by atoms with E-state index in [1.54, 1.807) is 25.2 Å². The first kappa shape index (κ1) is 15.0.